The lowest BCUT2D eigenvalue weighted by Crippen LogP contribution is -2.57. The quantitative estimate of drug-likeness (QED) is 0.806. The van der Waals surface area contributed by atoms with Crippen molar-refractivity contribution in [1.29, 1.82) is 0 Å². The number of hydrogen-bond donors (Lipinski definition) is 2. The van der Waals surface area contributed by atoms with Crippen LogP contribution in [0, 0.1) is 5.92 Å². The third kappa shape index (κ3) is 4.46. The van der Waals surface area contributed by atoms with Crippen molar-refractivity contribution in [2.75, 3.05) is 46.3 Å². The average Bonchev–Trinajstić information content (AvgIpc) is 3.20. The molecular weight excluding hydrogens is 368 g/mol. The number of carboxylic acids is 1. The van der Waals surface area contributed by atoms with E-state index >= 15 is 0 Å². The van der Waals surface area contributed by atoms with Crippen LogP contribution in [0.2, 0.25) is 0 Å². The number of H-pyrrole nitrogens is 1. The first-order valence-corrected chi connectivity index (χ1v) is 10.5. The lowest BCUT2D eigenvalue weighted by atomic mass is 9.86. The van der Waals surface area contributed by atoms with E-state index in [1.165, 1.54) is 0 Å². The summed E-state index contributed by atoms with van der Waals surface area (Å²) in [5, 5.41) is 10.2. The van der Waals surface area contributed by atoms with Crippen molar-refractivity contribution in [2.24, 2.45) is 5.92 Å². The molecule has 0 bridgehead atoms. The molecule has 2 unspecified atom stereocenters. The zero-order valence-electron chi connectivity index (χ0n) is 17.0. The van der Waals surface area contributed by atoms with E-state index in [1.54, 1.807) is 0 Å². The molecule has 2 N–H and O–H groups in total. The van der Waals surface area contributed by atoms with Crippen LogP contribution in [-0.4, -0.2) is 89.0 Å². The van der Waals surface area contributed by atoms with Crippen molar-refractivity contribution in [3.05, 3.63) is 36.0 Å². The van der Waals surface area contributed by atoms with E-state index < -0.39 is 5.97 Å². The molecule has 0 radical (unpaired) electrons. The number of carboxylic acid groups (broad SMARTS) is 1. The number of carbonyl (C=O) groups is 2. The molecule has 156 valence electrons. The predicted octanol–water partition coefficient (Wildman–Crippen LogP) is 2.11. The van der Waals surface area contributed by atoms with Crippen LogP contribution in [0.4, 0.5) is 0 Å². The van der Waals surface area contributed by atoms with Gasteiger partial charge < -0.3 is 19.9 Å². The van der Waals surface area contributed by atoms with E-state index in [0.717, 1.165) is 50.0 Å². The number of aromatic nitrogens is 1. The molecule has 0 aliphatic carbocycles. The van der Waals surface area contributed by atoms with Crippen LogP contribution >= 0.6 is 0 Å². The highest BCUT2D eigenvalue weighted by molar-refractivity contribution is 5.98. The maximum atomic E-state index is 13.2. The number of aromatic amines is 1. The number of carbonyl (C=O) groups excluding carboxylic acids is 1. The van der Waals surface area contributed by atoms with Crippen molar-refractivity contribution in [2.45, 2.75) is 25.3 Å². The normalized spacial score (nSPS) is 24.1. The SMILES string of the molecule is CN1CCN(C2CCN(C(=O)c3ccc4[nH]ccc4c3)CC2CCC(=O)O)CC1. The van der Waals surface area contributed by atoms with Gasteiger partial charge in [0, 0.05) is 74.4 Å². The summed E-state index contributed by atoms with van der Waals surface area (Å²) in [6.07, 6.45) is 3.56. The number of nitrogens with one attached hydrogen (secondary N) is 1. The van der Waals surface area contributed by atoms with Crippen LogP contribution in [0.3, 0.4) is 0 Å². The van der Waals surface area contributed by atoms with Gasteiger partial charge in [0.1, 0.15) is 0 Å². The standard InChI is InChI=1S/C22H30N4O3/c1-24-10-12-25(13-11-24)20-7-9-26(15-18(20)3-5-21(27)28)22(29)17-2-4-19-16(14-17)6-8-23-19/h2,4,6,8,14,18,20,23H,3,5,7,9-13,15H2,1H3,(H,27,28). The minimum atomic E-state index is -0.761. The molecule has 2 aromatic rings. The molecule has 7 heteroatoms. The third-order valence-electron chi connectivity index (χ3n) is 6.52. The number of benzene rings is 1. The van der Waals surface area contributed by atoms with Crippen molar-refractivity contribution < 1.29 is 14.7 Å². The molecule has 2 fully saturated rings. The van der Waals surface area contributed by atoms with Gasteiger partial charge in [-0.25, -0.2) is 0 Å². The molecule has 1 aromatic heterocycles. The fourth-order valence-electron chi connectivity index (χ4n) is 4.80. The molecule has 2 aliphatic heterocycles. The molecule has 0 saturated carbocycles. The van der Waals surface area contributed by atoms with E-state index in [1.807, 2.05) is 35.4 Å². The van der Waals surface area contributed by atoms with Crippen molar-refractivity contribution in [1.82, 2.24) is 19.7 Å². The summed E-state index contributed by atoms with van der Waals surface area (Å²) in [4.78, 5) is 34.3. The molecule has 1 aromatic carbocycles. The van der Waals surface area contributed by atoms with Crippen molar-refractivity contribution in [3.8, 4) is 0 Å². The van der Waals surface area contributed by atoms with Crippen molar-refractivity contribution >= 4 is 22.8 Å². The summed E-state index contributed by atoms with van der Waals surface area (Å²) in [6.45, 7) is 5.48. The zero-order chi connectivity index (χ0) is 20.4. The van der Waals surface area contributed by atoms with E-state index in [4.69, 9.17) is 0 Å². The molecule has 2 atom stereocenters. The third-order valence-corrected chi connectivity index (χ3v) is 6.52. The Morgan fingerprint density at radius 2 is 1.93 bits per heavy atom. The fraction of sp³-hybridized carbons (Fsp3) is 0.545. The van der Waals surface area contributed by atoms with Gasteiger partial charge in [0.15, 0.2) is 0 Å². The average molecular weight is 399 g/mol. The zero-order valence-corrected chi connectivity index (χ0v) is 17.0. The fourth-order valence-corrected chi connectivity index (χ4v) is 4.80. The van der Waals surface area contributed by atoms with Gasteiger partial charge in [-0.3, -0.25) is 14.5 Å². The highest BCUT2D eigenvalue weighted by Gasteiger charge is 2.36. The molecule has 2 saturated heterocycles. The number of fused-ring (bicyclic) bond motifs is 1. The van der Waals surface area contributed by atoms with Crippen molar-refractivity contribution in [3.63, 3.8) is 0 Å². The molecule has 7 nitrogen and oxygen atoms in total. The number of rotatable bonds is 5. The summed E-state index contributed by atoms with van der Waals surface area (Å²) in [5.74, 6) is -0.517. The topological polar surface area (TPSA) is 79.9 Å². The van der Waals surface area contributed by atoms with Gasteiger partial charge >= 0.3 is 5.97 Å². The first kappa shape index (κ1) is 19.9. The molecule has 0 spiro atoms. The Morgan fingerprint density at radius 1 is 1.14 bits per heavy atom. The minimum Gasteiger partial charge on any atom is -0.481 e. The summed E-state index contributed by atoms with van der Waals surface area (Å²) >= 11 is 0. The number of likely N-dealkylation sites (tertiary alicyclic amines) is 1. The van der Waals surface area contributed by atoms with Gasteiger partial charge in [-0.2, -0.15) is 0 Å². The molecule has 29 heavy (non-hydrogen) atoms. The predicted molar refractivity (Wildman–Crippen MR) is 112 cm³/mol. The molecule has 4 rings (SSSR count). The highest BCUT2D eigenvalue weighted by atomic mass is 16.4. The second-order valence-electron chi connectivity index (χ2n) is 8.42. The number of aliphatic carboxylic acids is 1. The van der Waals surface area contributed by atoms with Crippen LogP contribution in [0.5, 0.6) is 0 Å². The van der Waals surface area contributed by atoms with Crippen LogP contribution < -0.4 is 0 Å². The number of hydrogen-bond acceptors (Lipinski definition) is 4. The van der Waals surface area contributed by atoms with Crippen LogP contribution in [0.15, 0.2) is 30.5 Å². The lowest BCUT2D eigenvalue weighted by molar-refractivity contribution is -0.137. The van der Waals surface area contributed by atoms with Crippen LogP contribution in [0.1, 0.15) is 29.6 Å². The van der Waals surface area contributed by atoms with Gasteiger partial charge in [0.2, 0.25) is 0 Å². The van der Waals surface area contributed by atoms with E-state index in [0.29, 0.717) is 24.6 Å². The number of piperidine rings is 1. The summed E-state index contributed by atoms with van der Waals surface area (Å²) < 4.78 is 0. The van der Waals surface area contributed by atoms with Crippen LogP contribution in [0.25, 0.3) is 10.9 Å². The Morgan fingerprint density at radius 3 is 2.69 bits per heavy atom. The lowest BCUT2D eigenvalue weighted by Gasteiger charge is -2.46. The maximum Gasteiger partial charge on any atom is 0.303 e. The van der Waals surface area contributed by atoms with Gasteiger partial charge in [-0.1, -0.05) is 0 Å². The van der Waals surface area contributed by atoms with Gasteiger partial charge in [-0.15, -0.1) is 0 Å². The first-order valence-electron chi connectivity index (χ1n) is 10.5. The minimum absolute atomic E-state index is 0.0465. The van der Waals surface area contributed by atoms with Gasteiger partial charge in [0.05, 0.1) is 0 Å². The summed E-state index contributed by atoms with van der Waals surface area (Å²) in [5.41, 5.74) is 1.72. The maximum absolute atomic E-state index is 13.2. The van der Waals surface area contributed by atoms with E-state index in [9.17, 15) is 14.7 Å². The largest absolute Gasteiger partial charge is 0.481 e. The molecular formula is C22H30N4O3. The number of piperazine rings is 1. The van der Waals surface area contributed by atoms with E-state index in [2.05, 4.69) is 21.8 Å². The Labute approximate surface area is 171 Å². The number of nitrogens with zero attached hydrogens (tertiary/aromatic N) is 3. The number of amides is 1. The van der Waals surface area contributed by atoms with E-state index in [-0.39, 0.29) is 18.2 Å². The summed E-state index contributed by atoms with van der Waals surface area (Å²) in [7, 11) is 2.14. The second kappa shape index (κ2) is 8.55. The first-order chi connectivity index (χ1) is 14.0. The summed E-state index contributed by atoms with van der Waals surface area (Å²) in [6, 6.07) is 8.09. The molecule has 3 heterocycles. The monoisotopic (exact) mass is 398 g/mol. The number of likely N-dealkylation sites (N-methyl/N-ethyl adjacent to an activating group) is 1. The Hall–Kier alpha value is -2.38. The van der Waals surface area contributed by atoms with Crippen LogP contribution in [-0.2, 0) is 4.79 Å². The Kier molecular flexibility index (Phi) is 5.87. The Balaban J connectivity index is 1.47. The smallest absolute Gasteiger partial charge is 0.303 e. The highest BCUT2D eigenvalue weighted by Crippen LogP contribution is 2.28. The van der Waals surface area contributed by atoms with Gasteiger partial charge in [0.25, 0.3) is 5.91 Å². The molecule has 2 aliphatic rings. The molecule has 1 amide bonds. The van der Waals surface area contributed by atoms with Gasteiger partial charge in [-0.05, 0) is 50.1 Å². The Bertz CT molecular complexity index is 872. The second-order valence-corrected chi connectivity index (χ2v) is 8.42.